The van der Waals surface area contributed by atoms with Crippen molar-refractivity contribution in [2.45, 2.75) is 39.0 Å². The largest absolute Gasteiger partial charge is 0.373 e. The minimum absolute atomic E-state index is 0.143. The molecular weight excluding hydrogens is 238 g/mol. The molecule has 4 nitrogen and oxygen atoms in total. The number of aromatic nitrogens is 1. The fourth-order valence-corrected chi connectivity index (χ4v) is 2.55. The predicted molar refractivity (Wildman–Crippen MR) is 77.5 cm³/mol. The van der Waals surface area contributed by atoms with Gasteiger partial charge >= 0.3 is 0 Å². The zero-order valence-corrected chi connectivity index (χ0v) is 11.9. The summed E-state index contributed by atoms with van der Waals surface area (Å²) in [6.45, 7) is 3.69. The normalized spacial score (nSPS) is 16.6. The van der Waals surface area contributed by atoms with E-state index in [-0.39, 0.29) is 5.91 Å². The highest BCUT2D eigenvalue weighted by Gasteiger charge is 2.17. The number of nitrogens with one attached hydrogen (secondary N) is 1. The summed E-state index contributed by atoms with van der Waals surface area (Å²) >= 11 is 0. The van der Waals surface area contributed by atoms with Crippen molar-refractivity contribution in [3.05, 3.63) is 23.4 Å². The maximum absolute atomic E-state index is 12.6. The molecule has 19 heavy (non-hydrogen) atoms. The Morgan fingerprint density at radius 1 is 1.16 bits per heavy atom. The molecule has 2 heterocycles. The molecule has 4 heteroatoms. The second-order valence-corrected chi connectivity index (χ2v) is 5.19. The predicted octanol–water partition coefficient (Wildman–Crippen LogP) is 2.84. The van der Waals surface area contributed by atoms with Gasteiger partial charge in [-0.25, -0.2) is 4.98 Å². The smallest absolute Gasteiger partial charge is 0.254 e. The van der Waals surface area contributed by atoms with Gasteiger partial charge in [0.2, 0.25) is 0 Å². The van der Waals surface area contributed by atoms with Crippen LogP contribution in [0.4, 0.5) is 5.82 Å². The van der Waals surface area contributed by atoms with Crippen LogP contribution in [0.5, 0.6) is 0 Å². The van der Waals surface area contributed by atoms with Gasteiger partial charge in [-0.3, -0.25) is 4.79 Å². The molecule has 0 aromatic carbocycles. The van der Waals surface area contributed by atoms with E-state index in [9.17, 15) is 4.79 Å². The fraction of sp³-hybridized carbons (Fsp3) is 0.600. The summed E-state index contributed by atoms with van der Waals surface area (Å²) < 4.78 is 0. The van der Waals surface area contributed by atoms with Crippen molar-refractivity contribution in [2.24, 2.45) is 0 Å². The number of nitrogens with zero attached hydrogens (tertiary/aromatic N) is 2. The van der Waals surface area contributed by atoms with E-state index in [2.05, 4.69) is 10.3 Å². The van der Waals surface area contributed by atoms with Crippen LogP contribution in [0.3, 0.4) is 0 Å². The summed E-state index contributed by atoms with van der Waals surface area (Å²) in [6, 6.07) is 3.72. The van der Waals surface area contributed by atoms with E-state index in [1.165, 1.54) is 19.3 Å². The van der Waals surface area contributed by atoms with Crippen molar-refractivity contribution in [3.8, 4) is 0 Å². The lowest BCUT2D eigenvalue weighted by Crippen LogP contribution is -2.33. The van der Waals surface area contributed by atoms with E-state index in [0.29, 0.717) is 0 Å². The van der Waals surface area contributed by atoms with Crippen molar-refractivity contribution >= 4 is 11.7 Å². The third-order valence-corrected chi connectivity index (χ3v) is 3.60. The number of hydrogen-bond donors (Lipinski definition) is 1. The monoisotopic (exact) mass is 261 g/mol. The first kappa shape index (κ1) is 13.8. The van der Waals surface area contributed by atoms with Gasteiger partial charge in [-0.1, -0.05) is 19.3 Å². The lowest BCUT2D eigenvalue weighted by Gasteiger charge is -2.25. The van der Waals surface area contributed by atoms with Crippen LogP contribution >= 0.6 is 0 Å². The quantitative estimate of drug-likeness (QED) is 0.890. The lowest BCUT2D eigenvalue weighted by molar-refractivity contribution is 0.0742. The van der Waals surface area contributed by atoms with E-state index in [4.69, 9.17) is 0 Å². The minimum atomic E-state index is 0.143. The van der Waals surface area contributed by atoms with Crippen LogP contribution in [0.1, 0.15) is 48.2 Å². The number of aryl methyl sites for hydroxylation is 1. The molecule has 1 aliphatic heterocycles. The highest BCUT2D eigenvalue weighted by Crippen LogP contribution is 2.16. The Morgan fingerprint density at radius 2 is 1.79 bits per heavy atom. The summed E-state index contributed by atoms with van der Waals surface area (Å²) in [5.74, 6) is 0.902. The van der Waals surface area contributed by atoms with Crippen molar-refractivity contribution in [1.29, 1.82) is 0 Å². The van der Waals surface area contributed by atoms with Gasteiger partial charge in [-0.15, -0.1) is 0 Å². The summed E-state index contributed by atoms with van der Waals surface area (Å²) in [5.41, 5.74) is 1.62. The minimum Gasteiger partial charge on any atom is -0.373 e. The SMILES string of the molecule is CNc1cc(C(=O)N2CCCCCCC2)cc(C)n1. The van der Waals surface area contributed by atoms with E-state index in [0.717, 1.165) is 43.0 Å². The fourth-order valence-electron chi connectivity index (χ4n) is 2.55. The Labute approximate surface area is 115 Å². The third kappa shape index (κ3) is 3.69. The topological polar surface area (TPSA) is 45.2 Å². The van der Waals surface area contributed by atoms with Crippen LogP contribution in [0.2, 0.25) is 0 Å². The average molecular weight is 261 g/mol. The molecule has 0 unspecified atom stereocenters. The standard InChI is InChI=1S/C15H23N3O/c1-12-10-13(11-14(16-2)17-12)15(19)18-8-6-4-3-5-7-9-18/h10-11H,3-9H2,1-2H3,(H,16,17). The molecule has 1 saturated heterocycles. The molecule has 1 fully saturated rings. The van der Waals surface area contributed by atoms with E-state index in [1.807, 2.05) is 31.0 Å². The summed E-state index contributed by atoms with van der Waals surface area (Å²) in [4.78, 5) is 18.9. The molecule has 0 aliphatic carbocycles. The number of anilines is 1. The number of carbonyl (C=O) groups excluding carboxylic acids is 1. The number of pyridine rings is 1. The van der Waals surface area contributed by atoms with Crippen LogP contribution in [0.15, 0.2) is 12.1 Å². The Kier molecular flexibility index (Phi) is 4.77. The molecular formula is C15H23N3O. The Morgan fingerprint density at radius 3 is 2.42 bits per heavy atom. The maximum atomic E-state index is 12.6. The van der Waals surface area contributed by atoms with E-state index < -0.39 is 0 Å². The maximum Gasteiger partial charge on any atom is 0.254 e. The van der Waals surface area contributed by atoms with E-state index >= 15 is 0 Å². The van der Waals surface area contributed by atoms with Gasteiger partial charge in [-0.05, 0) is 31.9 Å². The van der Waals surface area contributed by atoms with Crippen molar-refractivity contribution < 1.29 is 4.79 Å². The highest BCUT2D eigenvalue weighted by molar-refractivity contribution is 5.95. The second-order valence-electron chi connectivity index (χ2n) is 5.19. The van der Waals surface area contributed by atoms with Gasteiger partial charge in [-0.2, -0.15) is 0 Å². The number of amides is 1. The lowest BCUT2D eigenvalue weighted by atomic mass is 10.1. The van der Waals surface area contributed by atoms with Crippen LogP contribution in [-0.4, -0.2) is 35.9 Å². The van der Waals surface area contributed by atoms with Crippen LogP contribution < -0.4 is 5.32 Å². The van der Waals surface area contributed by atoms with Gasteiger partial charge in [0.1, 0.15) is 5.82 Å². The van der Waals surface area contributed by atoms with Gasteiger partial charge in [0.15, 0.2) is 0 Å². The van der Waals surface area contributed by atoms with Gasteiger partial charge < -0.3 is 10.2 Å². The van der Waals surface area contributed by atoms with Crippen LogP contribution in [0, 0.1) is 6.92 Å². The first-order valence-corrected chi connectivity index (χ1v) is 7.16. The van der Waals surface area contributed by atoms with Crippen LogP contribution in [-0.2, 0) is 0 Å². The number of rotatable bonds is 2. The Hall–Kier alpha value is -1.58. The Bertz CT molecular complexity index is 437. The average Bonchev–Trinajstić information content (AvgIpc) is 2.37. The molecule has 0 spiro atoms. The van der Waals surface area contributed by atoms with Crippen molar-refractivity contribution in [1.82, 2.24) is 9.88 Å². The van der Waals surface area contributed by atoms with Gasteiger partial charge in [0.05, 0.1) is 0 Å². The first-order chi connectivity index (χ1) is 9.20. The summed E-state index contributed by atoms with van der Waals surface area (Å²) in [5, 5.41) is 3.01. The number of likely N-dealkylation sites (tertiary alicyclic amines) is 1. The molecule has 0 atom stereocenters. The van der Waals surface area contributed by atoms with Crippen molar-refractivity contribution in [3.63, 3.8) is 0 Å². The number of hydrogen-bond acceptors (Lipinski definition) is 3. The summed E-state index contributed by atoms with van der Waals surface area (Å²) in [7, 11) is 1.83. The molecule has 1 N–H and O–H groups in total. The molecule has 104 valence electrons. The number of carbonyl (C=O) groups is 1. The molecule has 0 radical (unpaired) electrons. The molecule has 1 aromatic rings. The van der Waals surface area contributed by atoms with Crippen molar-refractivity contribution in [2.75, 3.05) is 25.5 Å². The molecule has 0 saturated carbocycles. The zero-order valence-electron chi connectivity index (χ0n) is 11.9. The van der Waals surface area contributed by atoms with Crippen LogP contribution in [0.25, 0.3) is 0 Å². The Balaban J connectivity index is 2.15. The molecule has 1 aliphatic rings. The highest BCUT2D eigenvalue weighted by atomic mass is 16.2. The van der Waals surface area contributed by atoms with Gasteiger partial charge in [0, 0.05) is 31.4 Å². The first-order valence-electron chi connectivity index (χ1n) is 7.16. The van der Waals surface area contributed by atoms with Gasteiger partial charge in [0.25, 0.3) is 5.91 Å². The molecule has 1 amide bonds. The van der Waals surface area contributed by atoms with E-state index in [1.54, 1.807) is 0 Å². The molecule has 1 aromatic heterocycles. The second kappa shape index (κ2) is 6.55. The zero-order chi connectivity index (χ0) is 13.7. The summed E-state index contributed by atoms with van der Waals surface area (Å²) in [6.07, 6.45) is 6.02. The third-order valence-electron chi connectivity index (χ3n) is 3.60. The molecule has 2 rings (SSSR count). The molecule has 0 bridgehead atoms.